The van der Waals surface area contributed by atoms with E-state index in [2.05, 4.69) is 4.90 Å². The molecule has 3 heterocycles. The Morgan fingerprint density at radius 2 is 1.47 bits per heavy atom. The molecule has 0 saturated carbocycles. The lowest BCUT2D eigenvalue weighted by molar-refractivity contribution is -0.321. The average Bonchev–Trinajstić information content (AvgIpc) is 3.11. The predicted octanol–water partition coefficient (Wildman–Crippen LogP) is 2.85. The molecule has 14 heteroatoms. The number of esters is 1. The summed E-state index contributed by atoms with van der Waals surface area (Å²) in [6.07, 6.45) is -6.41. The van der Waals surface area contributed by atoms with Gasteiger partial charge in [0.05, 0.1) is 47.6 Å². The van der Waals surface area contributed by atoms with Crippen molar-refractivity contribution in [1.29, 1.82) is 0 Å². The van der Waals surface area contributed by atoms with Gasteiger partial charge in [-0.2, -0.15) is 0 Å². The van der Waals surface area contributed by atoms with Crippen molar-refractivity contribution in [2.24, 2.45) is 29.4 Å². The molecule has 3 aliphatic heterocycles. The molecule has 3 fully saturated rings. The fourth-order valence-electron chi connectivity index (χ4n) is 9.05. The Bertz CT molecular complexity index is 1160. The molecule has 19 atom stereocenters. The zero-order chi connectivity index (χ0) is 40.4. The summed E-state index contributed by atoms with van der Waals surface area (Å²) in [5, 5.41) is 34.3. The van der Waals surface area contributed by atoms with Gasteiger partial charge in [0.1, 0.15) is 23.9 Å². The summed E-state index contributed by atoms with van der Waals surface area (Å²) >= 11 is 0. The number of carbonyl (C=O) groups excluding carboxylic acids is 1. The summed E-state index contributed by atoms with van der Waals surface area (Å²) in [5.41, 5.74) is 3.03. The van der Waals surface area contributed by atoms with Crippen molar-refractivity contribution >= 4 is 5.97 Å². The van der Waals surface area contributed by atoms with Crippen molar-refractivity contribution in [1.82, 2.24) is 4.90 Å². The number of likely N-dealkylation sites (N-methyl/N-ethyl adjacent to an activating group) is 1. The molecule has 3 aliphatic rings. The number of aliphatic hydroxyl groups excluding tert-OH is 2. The highest BCUT2D eigenvalue weighted by atomic mass is 16.7. The van der Waals surface area contributed by atoms with Crippen molar-refractivity contribution in [3.8, 4) is 0 Å². The van der Waals surface area contributed by atoms with Crippen LogP contribution in [0.1, 0.15) is 94.9 Å². The molecule has 5 N–H and O–H groups in total. The Morgan fingerprint density at radius 3 is 2.00 bits per heavy atom. The van der Waals surface area contributed by atoms with Gasteiger partial charge in [0.2, 0.25) is 0 Å². The van der Waals surface area contributed by atoms with E-state index in [0.717, 1.165) is 6.42 Å². The van der Waals surface area contributed by atoms with Crippen LogP contribution in [0.3, 0.4) is 0 Å². The average molecular weight is 763 g/mol. The van der Waals surface area contributed by atoms with Crippen LogP contribution in [-0.2, 0) is 42.7 Å². The second-order valence-corrected chi connectivity index (χ2v) is 17.2. The SMILES string of the molecule is CC[C@H]1OC(=O)[C@H](C)[C@@H](O[C@H]2C[C@@](C)(OC)[C@@H](O)[C@H](C)O2)[C@H](C)[C@@H](O[C@@H]2O[C@H](C)C[C@H](N(C)C)[C@H]2OC)[C@@](C)(OC)C[C@@H](C)[C@H](N)[C@H](C)[C@@H](O)[C@]1(C)O. The van der Waals surface area contributed by atoms with Crippen LogP contribution in [0.4, 0.5) is 0 Å². The van der Waals surface area contributed by atoms with Gasteiger partial charge in [-0.25, -0.2) is 0 Å². The Balaban J connectivity index is 2.24. The summed E-state index contributed by atoms with van der Waals surface area (Å²) in [5.74, 6) is -2.98. The maximum atomic E-state index is 14.3. The molecule has 53 heavy (non-hydrogen) atoms. The van der Waals surface area contributed by atoms with Crippen molar-refractivity contribution in [2.45, 2.75) is 185 Å². The third kappa shape index (κ3) is 9.93. The Hall–Kier alpha value is -1.01. The van der Waals surface area contributed by atoms with Crippen LogP contribution in [0.5, 0.6) is 0 Å². The monoisotopic (exact) mass is 763 g/mol. The zero-order valence-electron chi connectivity index (χ0n) is 35.1. The van der Waals surface area contributed by atoms with Crippen molar-refractivity contribution < 1.29 is 58.0 Å². The fraction of sp³-hybridized carbons (Fsp3) is 0.974. The van der Waals surface area contributed by atoms with E-state index >= 15 is 0 Å². The fourth-order valence-corrected chi connectivity index (χ4v) is 9.05. The van der Waals surface area contributed by atoms with Crippen LogP contribution >= 0.6 is 0 Å². The summed E-state index contributed by atoms with van der Waals surface area (Å²) in [6.45, 7) is 18.2. The summed E-state index contributed by atoms with van der Waals surface area (Å²) in [4.78, 5) is 16.4. The molecule has 312 valence electrons. The molecule has 0 radical (unpaired) electrons. The maximum absolute atomic E-state index is 14.3. The van der Waals surface area contributed by atoms with Crippen molar-refractivity contribution in [3.63, 3.8) is 0 Å². The van der Waals surface area contributed by atoms with E-state index in [1.165, 1.54) is 14.0 Å². The molecule has 0 amide bonds. The standard InChI is InChI=1S/C39H74N2O12/c1-16-27-39(10,45)32(42)22(4)29(40)20(2)18-38(9,48-15)34(53-36-31(46-13)26(41(11)12)17-21(3)49-36)23(5)30(24(6)35(44)51-27)52-28-19-37(8,47-14)33(43)25(7)50-28/h20-34,36,42-43,45H,16-19,40H2,1-15H3/t20-,21-,22+,23+,24-,25+,26+,27-,28+,29+,30+,31-,32-,33+,34-,36+,37-,38+,39-/m1/s1. The first kappa shape index (κ1) is 46.4. The number of nitrogens with zero attached hydrogens (tertiary/aromatic N) is 1. The van der Waals surface area contributed by atoms with Gasteiger partial charge < -0.3 is 63.8 Å². The molecule has 0 aromatic heterocycles. The number of carbonyl (C=O) groups is 1. The van der Waals surface area contributed by atoms with E-state index in [9.17, 15) is 20.1 Å². The minimum Gasteiger partial charge on any atom is -0.459 e. The van der Waals surface area contributed by atoms with Crippen LogP contribution in [0.15, 0.2) is 0 Å². The molecular weight excluding hydrogens is 688 g/mol. The van der Waals surface area contributed by atoms with Crippen LogP contribution < -0.4 is 5.73 Å². The number of hydrogen-bond acceptors (Lipinski definition) is 14. The number of cyclic esters (lactones) is 1. The third-order valence-electron chi connectivity index (χ3n) is 12.9. The topological polar surface area (TPSA) is 181 Å². The predicted molar refractivity (Wildman–Crippen MR) is 199 cm³/mol. The molecule has 0 bridgehead atoms. The molecular formula is C39H74N2O12. The molecule has 0 aliphatic carbocycles. The second-order valence-electron chi connectivity index (χ2n) is 17.2. The van der Waals surface area contributed by atoms with Crippen molar-refractivity contribution in [2.75, 3.05) is 35.4 Å². The van der Waals surface area contributed by atoms with Gasteiger partial charge in [-0.3, -0.25) is 4.79 Å². The van der Waals surface area contributed by atoms with E-state index in [0.29, 0.717) is 6.42 Å². The van der Waals surface area contributed by atoms with Gasteiger partial charge in [0.25, 0.3) is 0 Å². The van der Waals surface area contributed by atoms with Crippen LogP contribution in [0.25, 0.3) is 0 Å². The highest BCUT2D eigenvalue weighted by Crippen LogP contribution is 2.42. The third-order valence-corrected chi connectivity index (χ3v) is 12.9. The summed E-state index contributed by atoms with van der Waals surface area (Å²) in [6, 6.07) is -0.601. The molecule has 0 aromatic rings. The van der Waals surface area contributed by atoms with Gasteiger partial charge >= 0.3 is 5.97 Å². The van der Waals surface area contributed by atoms with Crippen LogP contribution in [0, 0.1) is 23.7 Å². The van der Waals surface area contributed by atoms with Gasteiger partial charge in [0.15, 0.2) is 12.6 Å². The number of hydrogen-bond donors (Lipinski definition) is 4. The van der Waals surface area contributed by atoms with Crippen molar-refractivity contribution in [3.05, 3.63) is 0 Å². The van der Waals surface area contributed by atoms with E-state index < -0.39 is 102 Å². The smallest absolute Gasteiger partial charge is 0.311 e. The Morgan fingerprint density at radius 1 is 0.868 bits per heavy atom. The van der Waals surface area contributed by atoms with E-state index in [1.807, 2.05) is 41.8 Å². The minimum atomic E-state index is -1.81. The molecule has 3 saturated heterocycles. The Labute approximate surface area is 318 Å². The number of rotatable bonds is 9. The van der Waals surface area contributed by atoms with Gasteiger partial charge in [-0.05, 0) is 80.8 Å². The number of methoxy groups -OCH3 is 3. The lowest BCUT2D eigenvalue weighted by Gasteiger charge is -2.50. The normalized spacial score (nSPS) is 49.7. The van der Waals surface area contributed by atoms with E-state index in [1.54, 1.807) is 48.8 Å². The van der Waals surface area contributed by atoms with Crippen LogP contribution in [0.2, 0.25) is 0 Å². The molecule has 3 rings (SSSR count). The number of aliphatic hydroxyl groups is 3. The van der Waals surface area contributed by atoms with Gasteiger partial charge in [0, 0.05) is 51.7 Å². The minimum absolute atomic E-state index is 0.0129. The maximum Gasteiger partial charge on any atom is 0.311 e. The molecule has 0 unspecified atom stereocenters. The number of nitrogens with two attached hydrogens (primary N) is 1. The summed E-state index contributed by atoms with van der Waals surface area (Å²) in [7, 11) is 8.80. The lowest BCUT2D eigenvalue weighted by atomic mass is 9.72. The first-order valence-corrected chi connectivity index (χ1v) is 19.5. The quantitative estimate of drug-likeness (QED) is 0.252. The summed E-state index contributed by atoms with van der Waals surface area (Å²) < 4.78 is 51.0. The molecule has 14 nitrogen and oxygen atoms in total. The zero-order valence-corrected chi connectivity index (χ0v) is 35.1. The first-order chi connectivity index (χ1) is 24.5. The molecule has 0 aromatic carbocycles. The lowest BCUT2D eigenvalue weighted by Crippen LogP contribution is -2.62. The second kappa shape index (κ2) is 18.5. The van der Waals surface area contributed by atoms with E-state index in [-0.39, 0.29) is 30.9 Å². The first-order valence-electron chi connectivity index (χ1n) is 19.5. The van der Waals surface area contributed by atoms with Gasteiger partial charge in [-0.15, -0.1) is 0 Å². The Kier molecular flexibility index (Phi) is 16.2. The number of ether oxygens (including phenoxy) is 8. The highest BCUT2D eigenvalue weighted by molar-refractivity contribution is 5.73. The largest absolute Gasteiger partial charge is 0.459 e. The highest BCUT2D eigenvalue weighted by Gasteiger charge is 2.54. The van der Waals surface area contributed by atoms with E-state index in [4.69, 9.17) is 43.6 Å². The van der Waals surface area contributed by atoms with Crippen LogP contribution in [-0.4, -0.2) is 152 Å². The molecule has 0 spiro atoms. The van der Waals surface area contributed by atoms with Gasteiger partial charge in [-0.1, -0.05) is 27.7 Å².